The summed E-state index contributed by atoms with van der Waals surface area (Å²) in [4.78, 5) is 3.41. The molecule has 0 atom stereocenters. The van der Waals surface area contributed by atoms with Crippen LogP contribution in [0.25, 0.3) is 0 Å². The van der Waals surface area contributed by atoms with E-state index in [4.69, 9.17) is 11.5 Å². The van der Waals surface area contributed by atoms with Crippen LogP contribution in [0.5, 0.6) is 5.75 Å². The minimum atomic E-state index is -4.99. The third-order valence-corrected chi connectivity index (χ3v) is 1.44. The molecule has 0 bridgehead atoms. The minimum absolute atomic E-state index is 0.00755. The van der Waals surface area contributed by atoms with Gasteiger partial charge >= 0.3 is 6.36 Å². The number of rotatable bonds is 2. The zero-order valence-electron chi connectivity index (χ0n) is 7.31. The second-order valence-corrected chi connectivity index (χ2v) is 2.56. The summed E-state index contributed by atoms with van der Waals surface area (Å²) < 4.78 is 51.8. The zero-order valence-corrected chi connectivity index (χ0v) is 7.31. The second kappa shape index (κ2) is 3.89. The summed E-state index contributed by atoms with van der Waals surface area (Å²) in [6.07, 6.45) is -4.99. The van der Waals surface area contributed by atoms with E-state index in [1.807, 2.05) is 0 Å². The van der Waals surface area contributed by atoms with E-state index in [-0.39, 0.29) is 12.2 Å². The normalized spacial score (nSPS) is 11.5. The largest absolute Gasteiger partial charge is 0.573 e. The fraction of sp³-hybridized carbons (Fsp3) is 0.286. The predicted molar refractivity (Wildman–Crippen MR) is 43.2 cm³/mol. The lowest BCUT2D eigenvalue weighted by Crippen LogP contribution is -2.19. The molecule has 15 heavy (non-hydrogen) atoms. The molecule has 0 saturated carbocycles. The smallest absolute Gasteiger partial charge is 0.402 e. The quantitative estimate of drug-likeness (QED) is 0.740. The average molecular weight is 225 g/mol. The Labute approximate surface area is 81.8 Å². The van der Waals surface area contributed by atoms with Gasteiger partial charge in [-0.15, -0.1) is 13.2 Å². The maximum absolute atomic E-state index is 13.0. The van der Waals surface area contributed by atoms with Crippen LogP contribution in [-0.4, -0.2) is 11.3 Å². The van der Waals surface area contributed by atoms with Gasteiger partial charge in [0.15, 0.2) is 11.6 Å². The molecular formula is C7H7F4N3O. The van der Waals surface area contributed by atoms with E-state index in [1.54, 1.807) is 0 Å². The van der Waals surface area contributed by atoms with Gasteiger partial charge in [-0.05, 0) is 0 Å². The van der Waals surface area contributed by atoms with Gasteiger partial charge in [-0.3, -0.25) is 0 Å². The maximum Gasteiger partial charge on any atom is 0.573 e. The number of pyridine rings is 1. The fourth-order valence-electron chi connectivity index (χ4n) is 0.880. The molecule has 1 heterocycles. The van der Waals surface area contributed by atoms with Crippen molar-refractivity contribution >= 4 is 5.82 Å². The summed E-state index contributed by atoms with van der Waals surface area (Å²) in [5.41, 5.74) is 10.2. The standard InChI is InChI=1S/C7H7F4N3O/c8-5-4(15-7(9,10)11)1-3(2-12)14-6(5)13/h1H,2,12H2,(H2,13,14). The molecule has 0 amide bonds. The van der Waals surface area contributed by atoms with Crippen molar-refractivity contribution in [3.63, 3.8) is 0 Å². The molecule has 0 fully saturated rings. The first-order valence-corrected chi connectivity index (χ1v) is 3.74. The van der Waals surface area contributed by atoms with Crippen LogP contribution in [0.4, 0.5) is 23.4 Å². The molecule has 84 valence electrons. The van der Waals surface area contributed by atoms with E-state index in [0.29, 0.717) is 0 Å². The third-order valence-electron chi connectivity index (χ3n) is 1.44. The highest BCUT2D eigenvalue weighted by molar-refractivity contribution is 5.41. The van der Waals surface area contributed by atoms with Crippen molar-refractivity contribution in [2.24, 2.45) is 5.73 Å². The first-order chi connectivity index (χ1) is 6.83. The van der Waals surface area contributed by atoms with Crippen molar-refractivity contribution in [2.75, 3.05) is 5.73 Å². The SMILES string of the molecule is NCc1cc(OC(F)(F)F)c(F)c(N)n1. The number of ether oxygens (including phenoxy) is 1. The van der Waals surface area contributed by atoms with Gasteiger partial charge in [0.2, 0.25) is 5.82 Å². The van der Waals surface area contributed by atoms with Crippen LogP contribution in [0, 0.1) is 5.82 Å². The topological polar surface area (TPSA) is 74.2 Å². The minimum Gasteiger partial charge on any atom is -0.402 e. The molecule has 0 aliphatic heterocycles. The summed E-state index contributed by atoms with van der Waals surface area (Å²) >= 11 is 0. The Morgan fingerprint density at radius 1 is 1.40 bits per heavy atom. The Bertz CT molecular complexity index is 366. The highest BCUT2D eigenvalue weighted by Gasteiger charge is 2.33. The van der Waals surface area contributed by atoms with Crippen LogP contribution in [0.2, 0.25) is 0 Å². The van der Waals surface area contributed by atoms with E-state index in [9.17, 15) is 17.6 Å². The van der Waals surface area contributed by atoms with Crippen molar-refractivity contribution in [2.45, 2.75) is 12.9 Å². The van der Waals surface area contributed by atoms with Crippen molar-refractivity contribution < 1.29 is 22.3 Å². The van der Waals surface area contributed by atoms with Crippen LogP contribution in [-0.2, 0) is 6.54 Å². The van der Waals surface area contributed by atoms with Crippen LogP contribution in [0.1, 0.15) is 5.69 Å². The fourth-order valence-corrected chi connectivity index (χ4v) is 0.880. The number of nitrogen functional groups attached to an aromatic ring is 1. The van der Waals surface area contributed by atoms with Crippen molar-refractivity contribution in [3.8, 4) is 5.75 Å². The number of anilines is 1. The van der Waals surface area contributed by atoms with Gasteiger partial charge < -0.3 is 16.2 Å². The van der Waals surface area contributed by atoms with Gasteiger partial charge in [-0.2, -0.15) is 4.39 Å². The van der Waals surface area contributed by atoms with Gasteiger partial charge in [0.25, 0.3) is 0 Å². The molecule has 0 unspecified atom stereocenters. The van der Waals surface area contributed by atoms with Gasteiger partial charge in [-0.1, -0.05) is 0 Å². The average Bonchev–Trinajstić information content (AvgIpc) is 2.10. The predicted octanol–water partition coefficient (Wildman–Crippen LogP) is 1.16. The number of hydrogen-bond acceptors (Lipinski definition) is 4. The Balaban J connectivity index is 3.11. The number of nitrogens with zero attached hydrogens (tertiary/aromatic N) is 1. The molecule has 4 nitrogen and oxygen atoms in total. The molecule has 1 rings (SSSR count). The summed E-state index contributed by atoms with van der Waals surface area (Å²) in [6, 6.07) is 0.749. The van der Waals surface area contributed by atoms with Gasteiger partial charge in [0.05, 0.1) is 5.69 Å². The Kier molecular flexibility index (Phi) is 2.98. The van der Waals surface area contributed by atoms with Crippen LogP contribution in [0.15, 0.2) is 6.07 Å². The van der Waals surface area contributed by atoms with E-state index in [2.05, 4.69) is 9.72 Å². The van der Waals surface area contributed by atoms with E-state index in [1.165, 1.54) is 0 Å². The van der Waals surface area contributed by atoms with Crippen LogP contribution >= 0.6 is 0 Å². The number of hydrogen-bond donors (Lipinski definition) is 2. The highest BCUT2D eigenvalue weighted by Crippen LogP contribution is 2.28. The van der Waals surface area contributed by atoms with Crippen molar-refractivity contribution in [1.29, 1.82) is 0 Å². The van der Waals surface area contributed by atoms with Crippen LogP contribution in [0.3, 0.4) is 0 Å². The first kappa shape index (κ1) is 11.5. The lowest BCUT2D eigenvalue weighted by atomic mass is 10.3. The summed E-state index contributed by atoms with van der Waals surface area (Å²) in [7, 11) is 0. The first-order valence-electron chi connectivity index (χ1n) is 3.74. The van der Waals surface area contributed by atoms with Gasteiger partial charge in [-0.25, -0.2) is 4.98 Å². The van der Waals surface area contributed by atoms with Crippen LogP contribution < -0.4 is 16.2 Å². The summed E-state index contributed by atoms with van der Waals surface area (Å²) in [5, 5.41) is 0. The number of alkyl halides is 3. The van der Waals surface area contributed by atoms with Gasteiger partial charge in [0.1, 0.15) is 0 Å². The molecule has 0 aliphatic rings. The van der Waals surface area contributed by atoms with Crippen molar-refractivity contribution in [3.05, 3.63) is 17.6 Å². The molecule has 4 N–H and O–H groups in total. The van der Waals surface area contributed by atoms with E-state index in [0.717, 1.165) is 6.07 Å². The molecule has 0 spiro atoms. The Morgan fingerprint density at radius 2 is 2.00 bits per heavy atom. The molecule has 0 radical (unpaired) electrons. The number of halogens is 4. The highest BCUT2D eigenvalue weighted by atomic mass is 19.4. The maximum atomic E-state index is 13.0. The van der Waals surface area contributed by atoms with E-state index >= 15 is 0 Å². The summed E-state index contributed by atoms with van der Waals surface area (Å²) in [5.74, 6) is -3.07. The lowest BCUT2D eigenvalue weighted by molar-refractivity contribution is -0.275. The Morgan fingerprint density at radius 3 is 2.47 bits per heavy atom. The number of aromatic nitrogens is 1. The molecular weight excluding hydrogens is 218 g/mol. The lowest BCUT2D eigenvalue weighted by Gasteiger charge is -2.11. The molecule has 1 aromatic heterocycles. The number of nitrogens with two attached hydrogens (primary N) is 2. The second-order valence-electron chi connectivity index (χ2n) is 2.56. The Hall–Kier alpha value is -1.57. The molecule has 1 aromatic rings. The molecule has 8 heteroatoms. The van der Waals surface area contributed by atoms with E-state index < -0.39 is 23.7 Å². The third kappa shape index (κ3) is 2.94. The van der Waals surface area contributed by atoms with Gasteiger partial charge in [0, 0.05) is 12.6 Å². The summed E-state index contributed by atoms with van der Waals surface area (Å²) in [6.45, 7) is -0.168. The zero-order chi connectivity index (χ0) is 11.6. The molecule has 0 saturated heterocycles. The van der Waals surface area contributed by atoms with Crippen molar-refractivity contribution in [1.82, 2.24) is 4.98 Å². The molecule has 0 aliphatic carbocycles. The molecule has 0 aromatic carbocycles. The monoisotopic (exact) mass is 225 g/mol.